The van der Waals surface area contributed by atoms with E-state index in [2.05, 4.69) is 10.3 Å². The summed E-state index contributed by atoms with van der Waals surface area (Å²) in [5.41, 5.74) is 2.81. The number of nitrogens with zero attached hydrogens (tertiary/aromatic N) is 2. The Labute approximate surface area is 75.1 Å². The van der Waals surface area contributed by atoms with E-state index in [1.165, 1.54) is 4.09 Å². The van der Waals surface area contributed by atoms with Gasteiger partial charge in [-0.25, -0.2) is 9.07 Å². The van der Waals surface area contributed by atoms with Gasteiger partial charge in [-0.3, -0.25) is 0 Å². The van der Waals surface area contributed by atoms with E-state index in [9.17, 15) is 0 Å². The molecule has 62 valence electrons. The molecule has 0 amide bonds. The molecule has 0 aliphatic rings. The van der Waals surface area contributed by atoms with Gasteiger partial charge in [-0.1, -0.05) is 6.07 Å². The standard InChI is InChI=1S/C8H8ClN3/c1-10-6-3-2-4-7-8(6)11-5-12(7)9/h2-5,10H,1H3. The Balaban J connectivity index is 2.81. The molecule has 1 aromatic heterocycles. The number of halogens is 1. The number of hydrogen-bond donors (Lipinski definition) is 1. The summed E-state index contributed by atoms with van der Waals surface area (Å²) < 4.78 is 1.48. The predicted molar refractivity (Wildman–Crippen MR) is 50.5 cm³/mol. The molecule has 0 spiro atoms. The van der Waals surface area contributed by atoms with Crippen LogP contribution < -0.4 is 5.32 Å². The highest BCUT2D eigenvalue weighted by molar-refractivity contribution is 6.19. The van der Waals surface area contributed by atoms with E-state index in [1.54, 1.807) is 6.33 Å². The number of hydrogen-bond acceptors (Lipinski definition) is 2. The summed E-state index contributed by atoms with van der Waals surface area (Å²) in [5, 5.41) is 3.05. The minimum absolute atomic E-state index is 0.898. The average Bonchev–Trinajstić information content (AvgIpc) is 2.48. The van der Waals surface area contributed by atoms with E-state index in [0.29, 0.717) is 0 Å². The fourth-order valence-corrected chi connectivity index (χ4v) is 1.39. The highest BCUT2D eigenvalue weighted by Crippen LogP contribution is 2.21. The van der Waals surface area contributed by atoms with E-state index < -0.39 is 0 Å². The van der Waals surface area contributed by atoms with Crippen LogP contribution in [-0.4, -0.2) is 16.1 Å². The normalized spacial score (nSPS) is 10.5. The first-order chi connectivity index (χ1) is 5.83. The third kappa shape index (κ3) is 0.940. The van der Waals surface area contributed by atoms with Crippen molar-refractivity contribution in [3.8, 4) is 0 Å². The second-order valence-corrected chi connectivity index (χ2v) is 2.84. The van der Waals surface area contributed by atoms with Gasteiger partial charge >= 0.3 is 0 Å². The lowest BCUT2D eigenvalue weighted by molar-refractivity contribution is 1.25. The molecular weight excluding hydrogens is 174 g/mol. The number of nitrogens with one attached hydrogen (secondary N) is 1. The van der Waals surface area contributed by atoms with Crippen LogP contribution in [0.5, 0.6) is 0 Å². The number of aromatic nitrogens is 2. The minimum Gasteiger partial charge on any atom is -0.386 e. The van der Waals surface area contributed by atoms with E-state index in [4.69, 9.17) is 11.8 Å². The molecule has 2 rings (SSSR count). The van der Waals surface area contributed by atoms with Crippen molar-refractivity contribution in [2.75, 3.05) is 12.4 Å². The second-order valence-electron chi connectivity index (χ2n) is 2.48. The Kier molecular flexibility index (Phi) is 1.66. The number of benzene rings is 1. The van der Waals surface area contributed by atoms with Crippen molar-refractivity contribution in [2.24, 2.45) is 0 Å². The molecule has 4 heteroatoms. The van der Waals surface area contributed by atoms with Crippen LogP contribution in [0.2, 0.25) is 0 Å². The van der Waals surface area contributed by atoms with E-state index >= 15 is 0 Å². The summed E-state index contributed by atoms with van der Waals surface area (Å²) >= 11 is 5.83. The highest BCUT2D eigenvalue weighted by atomic mass is 35.5. The van der Waals surface area contributed by atoms with Gasteiger partial charge in [0.25, 0.3) is 0 Å². The van der Waals surface area contributed by atoms with Gasteiger partial charge < -0.3 is 5.32 Å². The number of imidazole rings is 1. The lowest BCUT2D eigenvalue weighted by atomic mass is 10.3. The second kappa shape index (κ2) is 2.68. The van der Waals surface area contributed by atoms with Crippen LogP contribution in [0, 0.1) is 0 Å². The fraction of sp³-hybridized carbons (Fsp3) is 0.125. The smallest absolute Gasteiger partial charge is 0.113 e. The van der Waals surface area contributed by atoms with Crippen molar-refractivity contribution in [3.05, 3.63) is 24.5 Å². The van der Waals surface area contributed by atoms with Gasteiger partial charge in [-0.15, -0.1) is 0 Å². The molecule has 0 unspecified atom stereocenters. The van der Waals surface area contributed by atoms with E-state index in [1.807, 2.05) is 25.2 Å². The van der Waals surface area contributed by atoms with Crippen molar-refractivity contribution in [1.29, 1.82) is 0 Å². The summed E-state index contributed by atoms with van der Waals surface area (Å²) in [6, 6.07) is 5.83. The van der Waals surface area contributed by atoms with Gasteiger partial charge in [-0.2, -0.15) is 0 Å². The summed E-state index contributed by atoms with van der Waals surface area (Å²) in [4.78, 5) is 4.16. The molecule has 0 aliphatic carbocycles. The lowest BCUT2D eigenvalue weighted by Gasteiger charge is -1.99. The molecule has 12 heavy (non-hydrogen) atoms. The molecule has 0 saturated carbocycles. The van der Waals surface area contributed by atoms with Crippen molar-refractivity contribution in [1.82, 2.24) is 9.07 Å². The lowest BCUT2D eigenvalue weighted by Crippen LogP contribution is -1.88. The SMILES string of the molecule is CNc1cccc2c1ncn2Cl. The highest BCUT2D eigenvalue weighted by Gasteiger charge is 2.03. The Hall–Kier alpha value is -1.22. The minimum atomic E-state index is 0.898. The summed E-state index contributed by atoms with van der Waals surface area (Å²) in [5.74, 6) is 0. The van der Waals surface area contributed by atoms with Crippen molar-refractivity contribution in [3.63, 3.8) is 0 Å². The molecule has 1 heterocycles. The molecule has 0 aliphatic heterocycles. The average molecular weight is 182 g/mol. The zero-order valence-electron chi connectivity index (χ0n) is 6.58. The summed E-state index contributed by atoms with van der Waals surface area (Å²) in [7, 11) is 1.86. The maximum atomic E-state index is 5.83. The Morgan fingerprint density at radius 1 is 1.50 bits per heavy atom. The molecule has 2 aromatic rings. The quantitative estimate of drug-likeness (QED) is 0.730. The monoisotopic (exact) mass is 181 g/mol. The van der Waals surface area contributed by atoms with Gasteiger partial charge in [0.1, 0.15) is 11.8 Å². The third-order valence-corrected chi connectivity index (χ3v) is 2.07. The van der Waals surface area contributed by atoms with Crippen LogP contribution >= 0.6 is 11.8 Å². The number of anilines is 1. The van der Waals surface area contributed by atoms with Crippen molar-refractivity contribution in [2.45, 2.75) is 0 Å². The van der Waals surface area contributed by atoms with Crippen LogP contribution in [0.15, 0.2) is 24.5 Å². The topological polar surface area (TPSA) is 29.9 Å². The largest absolute Gasteiger partial charge is 0.386 e. The van der Waals surface area contributed by atoms with Gasteiger partial charge in [0.15, 0.2) is 0 Å². The van der Waals surface area contributed by atoms with Crippen LogP contribution in [-0.2, 0) is 0 Å². The predicted octanol–water partition coefficient (Wildman–Crippen LogP) is 2.08. The number of fused-ring (bicyclic) bond motifs is 1. The molecule has 0 bridgehead atoms. The maximum Gasteiger partial charge on any atom is 0.113 e. The first-order valence-corrected chi connectivity index (χ1v) is 3.96. The molecule has 0 fully saturated rings. The third-order valence-electron chi connectivity index (χ3n) is 1.80. The molecule has 0 atom stereocenters. The molecule has 1 aromatic carbocycles. The fourth-order valence-electron chi connectivity index (χ4n) is 1.21. The van der Waals surface area contributed by atoms with E-state index in [-0.39, 0.29) is 0 Å². The molecule has 3 nitrogen and oxygen atoms in total. The number of para-hydroxylation sites is 1. The zero-order valence-corrected chi connectivity index (χ0v) is 7.34. The molecule has 0 saturated heterocycles. The van der Waals surface area contributed by atoms with Crippen molar-refractivity contribution >= 4 is 28.5 Å². The van der Waals surface area contributed by atoms with Crippen molar-refractivity contribution < 1.29 is 0 Å². The van der Waals surface area contributed by atoms with Gasteiger partial charge in [0.05, 0.1) is 11.2 Å². The maximum absolute atomic E-state index is 5.83. The van der Waals surface area contributed by atoms with Crippen LogP contribution in [0.1, 0.15) is 0 Å². The summed E-state index contributed by atoms with van der Waals surface area (Å²) in [6.07, 6.45) is 1.59. The van der Waals surface area contributed by atoms with Gasteiger partial charge in [-0.05, 0) is 12.1 Å². The molecule has 1 N–H and O–H groups in total. The molecule has 0 radical (unpaired) electrons. The number of rotatable bonds is 1. The Morgan fingerprint density at radius 3 is 3.08 bits per heavy atom. The first kappa shape index (κ1) is 7.43. The van der Waals surface area contributed by atoms with Crippen LogP contribution in [0.3, 0.4) is 0 Å². The Bertz CT molecular complexity index is 408. The van der Waals surface area contributed by atoms with E-state index in [0.717, 1.165) is 16.7 Å². The van der Waals surface area contributed by atoms with Crippen LogP contribution in [0.4, 0.5) is 5.69 Å². The van der Waals surface area contributed by atoms with Gasteiger partial charge in [0.2, 0.25) is 0 Å². The first-order valence-electron chi connectivity index (χ1n) is 3.63. The Morgan fingerprint density at radius 2 is 2.33 bits per heavy atom. The summed E-state index contributed by atoms with van der Waals surface area (Å²) in [6.45, 7) is 0. The van der Waals surface area contributed by atoms with Crippen LogP contribution in [0.25, 0.3) is 11.0 Å². The zero-order chi connectivity index (χ0) is 8.55. The molecular formula is C8H8ClN3. The van der Waals surface area contributed by atoms with Gasteiger partial charge in [0, 0.05) is 18.8 Å².